The Bertz CT molecular complexity index is 536. The van der Waals surface area contributed by atoms with Crippen LogP contribution in [-0.2, 0) is 0 Å². The van der Waals surface area contributed by atoms with Gasteiger partial charge in [-0.25, -0.2) is 0 Å². The summed E-state index contributed by atoms with van der Waals surface area (Å²) in [7, 11) is 0. The van der Waals surface area contributed by atoms with Crippen molar-refractivity contribution in [1.29, 1.82) is 0 Å². The van der Waals surface area contributed by atoms with Crippen molar-refractivity contribution in [2.75, 3.05) is 0 Å². The summed E-state index contributed by atoms with van der Waals surface area (Å²) in [6.45, 7) is 4.77. The summed E-state index contributed by atoms with van der Waals surface area (Å²) in [5.41, 5.74) is -0.566. The van der Waals surface area contributed by atoms with E-state index in [1.807, 2.05) is 0 Å². The van der Waals surface area contributed by atoms with Gasteiger partial charge in [-0.3, -0.25) is 0 Å². The van der Waals surface area contributed by atoms with Gasteiger partial charge in [0, 0.05) is 5.41 Å². The van der Waals surface area contributed by atoms with Crippen LogP contribution in [-0.4, -0.2) is 21.9 Å². The Hall–Kier alpha value is -0.520. The number of fused-ring (bicyclic) bond motifs is 5. The summed E-state index contributed by atoms with van der Waals surface area (Å²) in [5, 5.41) is 21.1. The zero-order valence-electron chi connectivity index (χ0n) is 14.7. The molecule has 0 amide bonds. The Labute approximate surface area is 141 Å². The molecule has 4 saturated carbocycles. The molecule has 128 valence electrons. The van der Waals surface area contributed by atoms with Gasteiger partial charge in [-0.1, -0.05) is 19.8 Å². The minimum Gasteiger partial charge on any atom is -0.393 e. The van der Waals surface area contributed by atoms with Crippen molar-refractivity contribution in [2.45, 2.75) is 83.3 Å². The Morgan fingerprint density at radius 2 is 1.70 bits per heavy atom. The maximum Gasteiger partial charge on any atom is 0.130 e. The quantitative estimate of drug-likeness (QED) is 0.668. The van der Waals surface area contributed by atoms with Crippen LogP contribution < -0.4 is 0 Å². The van der Waals surface area contributed by atoms with E-state index >= 15 is 0 Å². The molecule has 0 saturated heterocycles. The number of hydrogen-bond donors (Lipinski definition) is 2. The van der Waals surface area contributed by atoms with E-state index in [9.17, 15) is 10.2 Å². The molecule has 0 aliphatic heterocycles. The van der Waals surface area contributed by atoms with Gasteiger partial charge in [0.2, 0.25) is 0 Å². The van der Waals surface area contributed by atoms with Gasteiger partial charge < -0.3 is 10.2 Å². The van der Waals surface area contributed by atoms with E-state index in [1.54, 1.807) is 0 Å². The third-order valence-electron chi connectivity index (χ3n) is 9.03. The highest BCUT2D eigenvalue weighted by atomic mass is 16.3. The molecule has 4 aliphatic carbocycles. The fraction of sp³-hybridized carbons (Fsp3) is 0.905. The monoisotopic (exact) mass is 316 g/mol. The number of aliphatic hydroxyl groups is 2. The first kappa shape index (κ1) is 16.0. The third kappa shape index (κ3) is 1.96. The van der Waals surface area contributed by atoms with Crippen molar-refractivity contribution < 1.29 is 10.2 Å². The standard InChI is InChI=1S/C21H32O2/c1-4-21(23)12-9-18-16-6-5-14-13-15(22)7-10-19(14,2)17(16)8-11-20(18,21)3/h1,14-18,22-23H,5-13H2,2-3H3/t14-,15-,16+,17-,18+,19-,20-,21-/m0/s1. The topological polar surface area (TPSA) is 40.5 Å². The summed E-state index contributed by atoms with van der Waals surface area (Å²) in [5.74, 6) is 5.56. The van der Waals surface area contributed by atoms with Crippen LogP contribution in [0.25, 0.3) is 0 Å². The van der Waals surface area contributed by atoms with E-state index in [0.717, 1.165) is 43.9 Å². The van der Waals surface area contributed by atoms with E-state index in [2.05, 4.69) is 19.8 Å². The van der Waals surface area contributed by atoms with E-state index in [-0.39, 0.29) is 11.5 Å². The second-order valence-electron chi connectivity index (χ2n) is 9.58. The van der Waals surface area contributed by atoms with Crippen LogP contribution in [0.2, 0.25) is 0 Å². The summed E-state index contributed by atoms with van der Waals surface area (Å²) in [6.07, 6.45) is 15.6. The lowest BCUT2D eigenvalue weighted by Crippen LogP contribution is -2.56. The van der Waals surface area contributed by atoms with Crippen LogP contribution in [0.1, 0.15) is 71.6 Å². The van der Waals surface area contributed by atoms with E-state index < -0.39 is 5.60 Å². The molecular weight excluding hydrogens is 284 g/mol. The Morgan fingerprint density at radius 3 is 2.43 bits per heavy atom. The molecule has 0 spiro atoms. The highest BCUT2D eigenvalue weighted by Gasteiger charge is 2.64. The molecule has 8 atom stereocenters. The molecule has 0 aromatic carbocycles. The first-order valence-corrected chi connectivity index (χ1v) is 9.72. The maximum absolute atomic E-state index is 11.0. The smallest absolute Gasteiger partial charge is 0.130 e. The number of hydrogen-bond acceptors (Lipinski definition) is 2. The normalized spacial score (nSPS) is 58.7. The lowest BCUT2D eigenvalue weighted by Gasteiger charge is -2.61. The van der Waals surface area contributed by atoms with Gasteiger partial charge >= 0.3 is 0 Å². The molecule has 0 unspecified atom stereocenters. The van der Waals surface area contributed by atoms with Crippen molar-refractivity contribution in [1.82, 2.24) is 0 Å². The fourth-order valence-electron chi connectivity index (χ4n) is 7.49. The third-order valence-corrected chi connectivity index (χ3v) is 9.03. The van der Waals surface area contributed by atoms with Crippen molar-refractivity contribution in [3.63, 3.8) is 0 Å². The highest BCUT2D eigenvalue weighted by molar-refractivity contribution is 5.23. The van der Waals surface area contributed by atoms with Gasteiger partial charge in [0.1, 0.15) is 5.60 Å². The predicted octanol–water partition coefficient (Wildman–Crippen LogP) is 3.75. The van der Waals surface area contributed by atoms with Crippen molar-refractivity contribution in [3.05, 3.63) is 0 Å². The first-order chi connectivity index (χ1) is 10.8. The predicted molar refractivity (Wildman–Crippen MR) is 91.5 cm³/mol. The summed E-state index contributed by atoms with van der Waals surface area (Å²) in [4.78, 5) is 0. The molecule has 4 rings (SSSR count). The highest BCUT2D eigenvalue weighted by Crippen LogP contribution is 2.68. The molecule has 0 aromatic rings. The molecule has 2 N–H and O–H groups in total. The van der Waals surface area contributed by atoms with Crippen LogP contribution in [0.4, 0.5) is 0 Å². The first-order valence-electron chi connectivity index (χ1n) is 9.72. The summed E-state index contributed by atoms with van der Waals surface area (Å²) >= 11 is 0. The molecular formula is C21H32O2. The lowest BCUT2D eigenvalue weighted by molar-refractivity contribution is -0.144. The number of rotatable bonds is 0. The Morgan fingerprint density at radius 1 is 0.957 bits per heavy atom. The van der Waals surface area contributed by atoms with Gasteiger partial charge in [0.15, 0.2) is 0 Å². The number of terminal acetylenes is 1. The fourth-order valence-corrected chi connectivity index (χ4v) is 7.49. The van der Waals surface area contributed by atoms with Crippen LogP contribution in [0.3, 0.4) is 0 Å². The molecule has 0 bridgehead atoms. The zero-order chi connectivity index (χ0) is 16.5. The second-order valence-corrected chi connectivity index (χ2v) is 9.58. The van der Waals surface area contributed by atoms with Gasteiger partial charge in [-0.2, -0.15) is 0 Å². The molecule has 4 aliphatic rings. The molecule has 4 fully saturated rings. The minimum absolute atomic E-state index is 0.0727. The summed E-state index contributed by atoms with van der Waals surface area (Å²) in [6, 6.07) is 0. The summed E-state index contributed by atoms with van der Waals surface area (Å²) < 4.78 is 0. The van der Waals surface area contributed by atoms with Crippen LogP contribution in [0, 0.1) is 46.8 Å². The molecule has 2 heteroatoms. The zero-order valence-corrected chi connectivity index (χ0v) is 14.7. The van der Waals surface area contributed by atoms with Gasteiger partial charge in [-0.05, 0) is 86.9 Å². The Kier molecular flexibility index (Phi) is 3.47. The molecule has 2 nitrogen and oxygen atoms in total. The molecule has 0 radical (unpaired) electrons. The van der Waals surface area contributed by atoms with Crippen LogP contribution >= 0.6 is 0 Å². The van der Waals surface area contributed by atoms with Gasteiger partial charge in [-0.15, -0.1) is 6.42 Å². The largest absolute Gasteiger partial charge is 0.393 e. The molecule has 23 heavy (non-hydrogen) atoms. The molecule has 0 aromatic heterocycles. The van der Waals surface area contributed by atoms with Gasteiger partial charge in [0.25, 0.3) is 0 Å². The second kappa shape index (κ2) is 4.99. The van der Waals surface area contributed by atoms with Crippen LogP contribution in [0.15, 0.2) is 0 Å². The number of aliphatic hydroxyl groups excluding tert-OH is 1. The van der Waals surface area contributed by atoms with Crippen molar-refractivity contribution in [3.8, 4) is 12.3 Å². The van der Waals surface area contributed by atoms with E-state index in [4.69, 9.17) is 6.42 Å². The molecule has 0 heterocycles. The van der Waals surface area contributed by atoms with E-state index in [1.165, 1.54) is 25.7 Å². The average Bonchev–Trinajstić information content (AvgIpc) is 2.80. The average molecular weight is 316 g/mol. The van der Waals surface area contributed by atoms with Gasteiger partial charge in [0.05, 0.1) is 6.10 Å². The minimum atomic E-state index is -0.886. The van der Waals surface area contributed by atoms with E-state index in [0.29, 0.717) is 17.3 Å². The van der Waals surface area contributed by atoms with Crippen molar-refractivity contribution in [2.24, 2.45) is 34.5 Å². The van der Waals surface area contributed by atoms with Crippen molar-refractivity contribution >= 4 is 0 Å². The SMILES string of the molecule is C#C[C@]1(O)CC[C@@H]2[C@@H]3CC[C@H]4C[C@@H](O)CC[C@]4(C)[C@H]3CC[C@@]21C. The lowest BCUT2D eigenvalue weighted by atomic mass is 9.44. The Balaban J connectivity index is 1.65. The maximum atomic E-state index is 11.0. The van der Waals surface area contributed by atoms with Crippen LogP contribution in [0.5, 0.6) is 0 Å².